The Bertz CT molecular complexity index is 110. The minimum absolute atomic E-state index is 0.459. The second-order valence-electron chi connectivity index (χ2n) is 3.76. The summed E-state index contributed by atoms with van der Waals surface area (Å²) in [4.78, 5) is 0. The average Bonchev–Trinajstić information content (AvgIpc) is 2.06. The zero-order valence-corrected chi connectivity index (χ0v) is 7.98. The van der Waals surface area contributed by atoms with Crippen LogP contribution in [0.4, 0.5) is 4.39 Å². The van der Waals surface area contributed by atoms with Gasteiger partial charge in [-0.1, -0.05) is 32.6 Å². The van der Waals surface area contributed by atoms with Gasteiger partial charge in [0, 0.05) is 6.04 Å². The molecule has 0 aromatic rings. The maximum absolute atomic E-state index is 13.1. The van der Waals surface area contributed by atoms with Crippen LogP contribution in [0.2, 0.25) is 0 Å². The predicted molar refractivity (Wildman–Crippen MR) is 49.8 cm³/mol. The van der Waals surface area contributed by atoms with E-state index in [4.69, 9.17) is 0 Å². The molecule has 1 rings (SSSR count). The molecule has 0 spiro atoms. The van der Waals surface area contributed by atoms with Gasteiger partial charge in [0.1, 0.15) is 0 Å². The quantitative estimate of drug-likeness (QED) is 0.644. The lowest BCUT2D eigenvalue weighted by molar-refractivity contribution is 0.208. The zero-order valence-electron chi connectivity index (χ0n) is 7.98. The van der Waals surface area contributed by atoms with Crippen molar-refractivity contribution in [2.45, 2.75) is 64.2 Å². The van der Waals surface area contributed by atoms with Gasteiger partial charge in [-0.05, 0) is 19.3 Å². The third-order valence-electron chi connectivity index (χ3n) is 2.56. The third-order valence-corrected chi connectivity index (χ3v) is 2.56. The van der Waals surface area contributed by atoms with Crippen molar-refractivity contribution in [1.82, 2.24) is 5.32 Å². The van der Waals surface area contributed by atoms with Crippen molar-refractivity contribution in [2.24, 2.45) is 0 Å². The summed E-state index contributed by atoms with van der Waals surface area (Å²) >= 11 is 0. The Kier molecular flexibility index (Phi) is 4.59. The Hall–Kier alpha value is -0.110. The zero-order chi connectivity index (χ0) is 8.81. The monoisotopic (exact) mass is 173 g/mol. The first-order valence-corrected chi connectivity index (χ1v) is 5.23. The molecule has 0 aromatic heterocycles. The van der Waals surface area contributed by atoms with E-state index >= 15 is 0 Å². The van der Waals surface area contributed by atoms with E-state index in [2.05, 4.69) is 5.32 Å². The number of hydrogen-bond acceptors (Lipinski definition) is 1. The van der Waals surface area contributed by atoms with Crippen molar-refractivity contribution >= 4 is 0 Å². The van der Waals surface area contributed by atoms with Gasteiger partial charge in [-0.25, -0.2) is 4.39 Å². The van der Waals surface area contributed by atoms with Crippen molar-refractivity contribution in [1.29, 1.82) is 0 Å². The molecule has 12 heavy (non-hydrogen) atoms. The molecule has 0 heterocycles. The molecule has 1 saturated carbocycles. The summed E-state index contributed by atoms with van der Waals surface area (Å²) in [5.74, 6) is 0. The molecule has 0 aliphatic heterocycles. The van der Waals surface area contributed by atoms with E-state index in [1.54, 1.807) is 0 Å². The highest BCUT2D eigenvalue weighted by molar-refractivity contribution is 4.72. The summed E-state index contributed by atoms with van der Waals surface area (Å²) in [5, 5.41) is 3.05. The van der Waals surface area contributed by atoms with Crippen molar-refractivity contribution in [3.8, 4) is 0 Å². The van der Waals surface area contributed by atoms with E-state index in [9.17, 15) is 4.39 Å². The SMILES string of the molecule is CCCC(F)NC1CCCCC1. The second kappa shape index (κ2) is 5.52. The molecule has 0 saturated heterocycles. The molecule has 0 radical (unpaired) electrons. The van der Waals surface area contributed by atoms with Gasteiger partial charge in [0.15, 0.2) is 6.30 Å². The molecule has 0 aromatic carbocycles. The molecular weight excluding hydrogens is 153 g/mol. The fraction of sp³-hybridized carbons (Fsp3) is 1.00. The van der Waals surface area contributed by atoms with Crippen molar-refractivity contribution < 1.29 is 4.39 Å². The normalized spacial score (nSPS) is 22.5. The summed E-state index contributed by atoms with van der Waals surface area (Å²) in [6, 6.07) is 0.459. The molecule has 1 atom stereocenters. The number of rotatable bonds is 4. The smallest absolute Gasteiger partial charge is 0.151 e. The number of hydrogen-bond donors (Lipinski definition) is 1. The Balaban J connectivity index is 2.11. The maximum Gasteiger partial charge on any atom is 0.151 e. The molecule has 1 N–H and O–H groups in total. The van der Waals surface area contributed by atoms with E-state index in [1.807, 2.05) is 6.92 Å². The predicted octanol–water partition coefficient (Wildman–Crippen LogP) is 3.00. The van der Waals surface area contributed by atoms with Crippen LogP contribution in [0.5, 0.6) is 0 Å². The molecule has 1 fully saturated rings. The van der Waals surface area contributed by atoms with E-state index < -0.39 is 6.30 Å². The highest BCUT2D eigenvalue weighted by Gasteiger charge is 2.16. The van der Waals surface area contributed by atoms with E-state index in [1.165, 1.54) is 32.1 Å². The summed E-state index contributed by atoms with van der Waals surface area (Å²) in [7, 11) is 0. The second-order valence-corrected chi connectivity index (χ2v) is 3.76. The first-order chi connectivity index (χ1) is 5.83. The fourth-order valence-electron chi connectivity index (χ4n) is 1.86. The van der Waals surface area contributed by atoms with Gasteiger partial charge >= 0.3 is 0 Å². The van der Waals surface area contributed by atoms with Gasteiger partial charge in [0.2, 0.25) is 0 Å². The third kappa shape index (κ3) is 3.53. The van der Waals surface area contributed by atoms with Gasteiger partial charge in [-0.3, -0.25) is 5.32 Å². The van der Waals surface area contributed by atoms with Crippen LogP contribution in [-0.4, -0.2) is 12.3 Å². The van der Waals surface area contributed by atoms with E-state index in [0.717, 1.165) is 6.42 Å². The van der Waals surface area contributed by atoms with Crippen LogP contribution in [-0.2, 0) is 0 Å². The summed E-state index contributed by atoms with van der Waals surface area (Å²) in [6.45, 7) is 2.02. The van der Waals surface area contributed by atoms with Crippen molar-refractivity contribution in [3.05, 3.63) is 0 Å². The Morgan fingerprint density at radius 1 is 1.33 bits per heavy atom. The minimum Gasteiger partial charge on any atom is -0.285 e. The Morgan fingerprint density at radius 2 is 2.00 bits per heavy atom. The molecule has 72 valence electrons. The highest BCUT2D eigenvalue weighted by Crippen LogP contribution is 2.18. The fourth-order valence-corrected chi connectivity index (χ4v) is 1.86. The lowest BCUT2D eigenvalue weighted by Crippen LogP contribution is -2.36. The molecule has 2 heteroatoms. The number of alkyl halides is 1. The number of halogens is 1. The Morgan fingerprint density at radius 3 is 2.58 bits per heavy atom. The molecule has 1 aliphatic rings. The van der Waals surface area contributed by atoms with Gasteiger partial charge in [0.05, 0.1) is 0 Å². The first-order valence-electron chi connectivity index (χ1n) is 5.23. The molecule has 0 amide bonds. The molecule has 1 aliphatic carbocycles. The average molecular weight is 173 g/mol. The van der Waals surface area contributed by atoms with Crippen LogP contribution in [0.15, 0.2) is 0 Å². The summed E-state index contributed by atoms with van der Waals surface area (Å²) < 4.78 is 13.1. The molecular formula is C10H20FN. The summed E-state index contributed by atoms with van der Waals surface area (Å²) in [6.07, 6.45) is 7.06. The van der Waals surface area contributed by atoms with Crippen LogP contribution in [0.25, 0.3) is 0 Å². The van der Waals surface area contributed by atoms with Gasteiger partial charge in [-0.15, -0.1) is 0 Å². The van der Waals surface area contributed by atoms with Gasteiger partial charge in [0.25, 0.3) is 0 Å². The lowest BCUT2D eigenvalue weighted by Gasteiger charge is -2.24. The first kappa shape index (κ1) is 9.97. The van der Waals surface area contributed by atoms with Crippen molar-refractivity contribution in [3.63, 3.8) is 0 Å². The van der Waals surface area contributed by atoms with Crippen LogP contribution < -0.4 is 5.32 Å². The molecule has 1 nitrogen and oxygen atoms in total. The standard InChI is InChI=1S/C10H20FN/c1-2-6-10(11)12-9-7-4-3-5-8-9/h9-10,12H,2-8H2,1H3. The lowest BCUT2D eigenvalue weighted by atomic mass is 9.95. The van der Waals surface area contributed by atoms with Crippen LogP contribution in [0, 0.1) is 0 Å². The molecule has 1 unspecified atom stereocenters. The topological polar surface area (TPSA) is 12.0 Å². The van der Waals surface area contributed by atoms with E-state index in [0.29, 0.717) is 12.5 Å². The van der Waals surface area contributed by atoms with Crippen LogP contribution >= 0.6 is 0 Å². The Labute approximate surface area is 74.7 Å². The number of nitrogens with one attached hydrogen (secondary N) is 1. The van der Waals surface area contributed by atoms with Crippen LogP contribution in [0.1, 0.15) is 51.9 Å². The molecule has 0 bridgehead atoms. The minimum atomic E-state index is -0.766. The van der Waals surface area contributed by atoms with E-state index in [-0.39, 0.29) is 0 Å². The van der Waals surface area contributed by atoms with Gasteiger partial charge in [-0.2, -0.15) is 0 Å². The van der Waals surface area contributed by atoms with Crippen LogP contribution in [0.3, 0.4) is 0 Å². The van der Waals surface area contributed by atoms with Gasteiger partial charge < -0.3 is 0 Å². The summed E-state index contributed by atoms with van der Waals surface area (Å²) in [5.41, 5.74) is 0. The largest absolute Gasteiger partial charge is 0.285 e. The highest BCUT2D eigenvalue weighted by atomic mass is 19.1. The van der Waals surface area contributed by atoms with Crippen molar-refractivity contribution in [2.75, 3.05) is 0 Å². The maximum atomic E-state index is 13.1.